The van der Waals surface area contributed by atoms with E-state index in [1.807, 2.05) is 0 Å². The predicted octanol–water partition coefficient (Wildman–Crippen LogP) is 7.02. The van der Waals surface area contributed by atoms with Crippen molar-refractivity contribution in [1.29, 1.82) is 0 Å². The monoisotopic (exact) mass is 406 g/mol. The molecule has 0 fully saturated rings. The van der Waals surface area contributed by atoms with Crippen molar-refractivity contribution in [1.82, 2.24) is 0 Å². The fourth-order valence-corrected chi connectivity index (χ4v) is 5.93. The molecule has 2 aliphatic heterocycles. The smallest absolute Gasteiger partial charge is 0.124 e. The molecule has 0 amide bonds. The first kappa shape index (κ1) is 21.1. The molecule has 3 heteroatoms. The van der Waals surface area contributed by atoms with E-state index in [0.29, 0.717) is 0 Å². The summed E-state index contributed by atoms with van der Waals surface area (Å²) >= 11 is 0. The first-order valence-electron chi connectivity index (χ1n) is 11.2. The first-order chi connectivity index (χ1) is 13.8. The van der Waals surface area contributed by atoms with E-state index >= 15 is 0 Å². The fourth-order valence-electron chi connectivity index (χ4n) is 5.93. The lowest BCUT2D eigenvalue weighted by Gasteiger charge is -2.62. The summed E-state index contributed by atoms with van der Waals surface area (Å²) in [6.45, 7) is 23.5. The Morgan fingerprint density at radius 1 is 0.833 bits per heavy atom. The van der Waals surface area contributed by atoms with Gasteiger partial charge in [-0.3, -0.25) is 0 Å². The summed E-state index contributed by atoms with van der Waals surface area (Å²) in [5, 5.41) is 0. The van der Waals surface area contributed by atoms with Gasteiger partial charge >= 0.3 is 0 Å². The summed E-state index contributed by atoms with van der Waals surface area (Å²) in [6.07, 6.45) is 0.219. The van der Waals surface area contributed by atoms with Gasteiger partial charge in [0.05, 0.1) is 18.5 Å². The largest absolute Gasteiger partial charge is 0.496 e. The van der Waals surface area contributed by atoms with Crippen molar-refractivity contribution in [3.05, 3.63) is 46.5 Å². The number of nitrogens with zero attached hydrogens (tertiary/aromatic N) is 2. The van der Waals surface area contributed by atoms with E-state index in [-0.39, 0.29) is 22.5 Å². The lowest BCUT2D eigenvalue weighted by atomic mass is 9.53. The molecule has 2 aromatic carbocycles. The molecular formula is C27H38N2O. The van der Waals surface area contributed by atoms with Crippen LogP contribution in [0.25, 0.3) is 0 Å². The number of anilines is 3. The third-order valence-electron chi connectivity index (χ3n) is 8.81. The van der Waals surface area contributed by atoms with Crippen molar-refractivity contribution in [2.45, 2.75) is 86.4 Å². The average Bonchev–Trinajstić information content (AvgIpc) is 2.93. The second-order valence-electron chi connectivity index (χ2n) is 11.0. The van der Waals surface area contributed by atoms with E-state index in [2.05, 4.69) is 103 Å². The van der Waals surface area contributed by atoms with Gasteiger partial charge in [0.25, 0.3) is 0 Å². The summed E-state index contributed by atoms with van der Waals surface area (Å²) in [6, 6.07) is 9.23. The van der Waals surface area contributed by atoms with Crippen LogP contribution in [0.3, 0.4) is 0 Å². The van der Waals surface area contributed by atoms with E-state index in [1.165, 1.54) is 39.3 Å². The molecule has 0 N–H and O–H groups in total. The Morgan fingerprint density at radius 2 is 1.40 bits per heavy atom. The van der Waals surface area contributed by atoms with Crippen LogP contribution in [0.1, 0.15) is 70.7 Å². The van der Waals surface area contributed by atoms with Crippen molar-refractivity contribution < 1.29 is 4.74 Å². The molecule has 2 heterocycles. The molecule has 0 aromatic heterocycles. The molecule has 0 radical (unpaired) electrons. The van der Waals surface area contributed by atoms with Crippen LogP contribution < -0.4 is 14.5 Å². The molecule has 3 nitrogen and oxygen atoms in total. The Morgan fingerprint density at radius 3 is 2.00 bits per heavy atom. The van der Waals surface area contributed by atoms with Crippen molar-refractivity contribution in [2.24, 2.45) is 5.41 Å². The highest BCUT2D eigenvalue weighted by Gasteiger charge is 2.60. The summed E-state index contributed by atoms with van der Waals surface area (Å²) in [5.41, 5.74) is 9.31. The number of benzene rings is 2. The highest BCUT2D eigenvalue weighted by atomic mass is 16.5. The summed E-state index contributed by atoms with van der Waals surface area (Å²) in [4.78, 5) is 5.21. The molecule has 0 saturated heterocycles. The normalized spacial score (nSPS) is 22.8. The van der Waals surface area contributed by atoms with Gasteiger partial charge < -0.3 is 14.5 Å². The molecule has 0 spiro atoms. The number of hydrogen-bond acceptors (Lipinski definition) is 3. The van der Waals surface area contributed by atoms with Crippen molar-refractivity contribution in [2.75, 3.05) is 16.9 Å². The second kappa shape index (κ2) is 6.18. The topological polar surface area (TPSA) is 15.7 Å². The Balaban J connectivity index is 2.07. The highest BCUT2D eigenvalue weighted by molar-refractivity contribution is 5.90. The molecule has 2 aliphatic rings. The van der Waals surface area contributed by atoms with Gasteiger partial charge in [0.1, 0.15) is 11.9 Å². The zero-order chi connectivity index (χ0) is 22.4. The van der Waals surface area contributed by atoms with Crippen LogP contribution in [0.15, 0.2) is 24.3 Å². The zero-order valence-electron chi connectivity index (χ0n) is 20.7. The maximum atomic E-state index is 5.73. The Bertz CT molecular complexity index is 1030. The molecule has 2 aromatic rings. The van der Waals surface area contributed by atoms with Gasteiger partial charge in [-0.25, -0.2) is 0 Å². The van der Waals surface area contributed by atoms with Crippen LogP contribution in [-0.2, 0) is 5.41 Å². The van der Waals surface area contributed by atoms with Crippen molar-refractivity contribution in [3.8, 4) is 5.75 Å². The van der Waals surface area contributed by atoms with Crippen LogP contribution in [-0.4, -0.2) is 18.8 Å². The van der Waals surface area contributed by atoms with Gasteiger partial charge in [-0.1, -0.05) is 33.8 Å². The minimum atomic E-state index is -0.0104. The zero-order valence-corrected chi connectivity index (χ0v) is 20.7. The first-order valence-corrected chi connectivity index (χ1v) is 11.2. The van der Waals surface area contributed by atoms with E-state index in [1.54, 1.807) is 7.11 Å². The molecule has 0 saturated carbocycles. The van der Waals surface area contributed by atoms with Crippen molar-refractivity contribution in [3.63, 3.8) is 0 Å². The van der Waals surface area contributed by atoms with Gasteiger partial charge in [0.2, 0.25) is 0 Å². The average molecular weight is 407 g/mol. The number of aryl methyl sites for hydroxylation is 2. The minimum absolute atomic E-state index is 0.0104. The molecule has 1 atom stereocenters. The fraction of sp³-hybridized carbons (Fsp3) is 0.556. The maximum absolute atomic E-state index is 5.73. The van der Waals surface area contributed by atoms with Gasteiger partial charge in [-0.15, -0.1) is 0 Å². The molecule has 30 heavy (non-hydrogen) atoms. The van der Waals surface area contributed by atoms with Crippen LogP contribution >= 0.6 is 0 Å². The van der Waals surface area contributed by atoms with E-state index in [0.717, 1.165) is 5.75 Å². The standard InChI is InChI=1S/C27H38N2O/c1-16-12-20-24-22(14-16)28(21-13-17(2)15-23(30-11)18(21)3)19(4)29(24)27(9,10)26(7,8)25(20,5)6/h12-15,19H,1-11H3/t19-/m1/s1. The van der Waals surface area contributed by atoms with Crippen molar-refractivity contribution >= 4 is 17.1 Å². The quantitative estimate of drug-likeness (QED) is 0.533. The summed E-state index contributed by atoms with van der Waals surface area (Å²) in [5.74, 6) is 0.958. The minimum Gasteiger partial charge on any atom is -0.496 e. The van der Waals surface area contributed by atoms with Crippen LogP contribution in [0.4, 0.5) is 17.1 Å². The third-order valence-corrected chi connectivity index (χ3v) is 8.81. The van der Waals surface area contributed by atoms with Gasteiger partial charge in [-0.05, 0) is 87.3 Å². The van der Waals surface area contributed by atoms with E-state index < -0.39 is 0 Å². The lowest BCUT2D eigenvalue weighted by Crippen LogP contribution is -2.66. The van der Waals surface area contributed by atoms with E-state index in [9.17, 15) is 0 Å². The molecular weight excluding hydrogens is 368 g/mol. The van der Waals surface area contributed by atoms with E-state index in [4.69, 9.17) is 4.74 Å². The maximum Gasteiger partial charge on any atom is 0.124 e. The molecule has 162 valence electrons. The van der Waals surface area contributed by atoms with Gasteiger partial charge in [0.15, 0.2) is 0 Å². The molecule has 0 unspecified atom stereocenters. The number of hydrogen-bond donors (Lipinski definition) is 0. The summed E-state index contributed by atoms with van der Waals surface area (Å²) in [7, 11) is 1.77. The SMILES string of the molecule is COc1cc(C)cc(N2c3cc(C)cc4c3N([C@@H]2C)C(C)(C)C(C)(C)C4(C)C)c1C. The predicted molar refractivity (Wildman–Crippen MR) is 129 cm³/mol. The number of rotatable bonds is 2. The van der Waals surface area contributed by atoms with Gasteiger partial charge in [0, 0.05) is 16.8 Å². The van der Waals surface area contributed by atoms with Crippen LogP contribution in [0.2, 0.25) is 0 Å². The number of methoxy groups -OCH3 is 1. The van der Waals surface area contributed by atoms with Gasteiger partial charge in [-0.2, -0.15) is 0 Å². The summed E-state index contributed by atoms with van der Waals surface area (Å²) < 4.78 is 5.73. The number of ether oxygens (including phenoxy) is 1. The van der Waals surface area contributed by atoms with Crippen LogP contribution in [0.5, 0.6) is 5.75 Å². The Hall–Kier alpha value is -2.16. The lowest BCUT2D eigenvalue weighted by molar-refractivity contribution is 0.0738. The highest BCUT2D eigenvalue weighted by Crippen LogP contribution is 2.64. The Labute approximate surface area is 183 Å². The molecule has 0 aliphatic carbocycles. The second-order valence-corrected chi connectivity index (χ2v) is 11.0. The third kappa shape index (κ3) is 2.38. The van der Waals surface area contributed by atoms with Crippen LogP contribution in [0, 0.1) is 26.2 Å². The molecule has 0 bridgehead atoms. The Kier molecular flexibility index (Phi) is 4.35. The molecule has 4 rings (SSSR count).